The Morgan fingerprint density at radius 1 is 1.00 bits per heavy atom. The molecule has 4 aromatic rings. The van der Waals surface area contributed by atoms with Gasteiger partial charge in [0.2, 0.25) is 0 Å². The highest BCUT2D eigenvalue weighted by Gasteiger charge is 2.17. The third-order valence-electron chi connectivity index (χ3n) is 6.43. The van der Waals surface area contributed by atoms with Crippen LogP contribution in [-0.4, -0.2) is 47.2 Å². The van der Waals surface area contributed by atoms with Gasteiger partial charge < -0.3 is 19.9 Å². The summed E-state index contributed by atoms with van der Waals surface area (Å²) in [5.41, 5.74) is 11.5. The van der Waals surface area contributed by atoms with Gasteiger partial charge in [0.15, 0.2) is 5.82 Å². The van der Waals surface area contributed by atoms with Crippen molar-refractivity contribution in [1.29, 1.82) is 0 Å². The van der Waals surface area contributed by atoms with Gasteiger partial charge in [-0.25, -0.2) is 9.97 Å². The Kier molecular flexibility index (Phi) is 5.96. The Hall–Kier alpha value is -4.37. The van der Waals surface area contributed by atoms with E-state index in [1.54, 1.807) is 0 Å². The fourth-order valence-electron chi connectivity index (χ4n) is 4.56. The van der Waals surface area contributed by atoms with E-state index in [-0.39, 0.29) is 12.5 Å². The first-order valence-electron chi connectivity index (χ1n) is 12.1. The van der Waals surface area contributed by atoms with Crippen LogP contribution in [-0.2, 0) is 17.7 Å². The summed E-state index contributed by atoms with van der Waals surface area (Å²) in [6.45, 7) is 3.02. The summed E-state index contributed by atoms with van der Waals surface area (Å²) in [4.78, 5) is 27.5. The number of nitrogens with one attached hydrogen (secondary N) is 4. The summed E-state index contributed by atoms with van der Waals surface area (Å²) in [7, 11) is 0. The van der Waals surface area contributed by atoms with E-state index in [2.05, 4.69) is 55.3 Å². The Labute approximate surface area is 208 Å². The summed E-state index contributed by atoms with van der Waals surface area (Å²) in [6, 6.07) is 19.9. The number of para-hydroxylation sites is 1. The molecule has 36 heavy (non-hydrogen) atoms. The molecule has 0 saturated carbocycles. The average Bonchev–Trinajstić information content (AvgIpc) is 3.55. The quantitative estimate of drug-likeness (QED) is 0.300. The number of H-pyrrole nitrogens is 1. The van der Waals surface area contributed by atoms with Crippen molar-refractivity contribution in [2.45, 2.75) is 13.0 Å². The van der Waals surface area contributed by atoms with Crippen molar-refractivity contribution < 1.29 is 9.53 Å². The third kappa shape index (κ3) is 4.60. The highest BCUT2D eigenvalue weighted by atomic mass is 16.5. The zero-order valence-electron chi connectivity index (χ0n) is 19.8. The zero-order valence-corrected chi connectivity index (χ0v) is 19.8. The summed E-state index contributed by atoms with van der Waals surface area (Å²) in [5.74, 6) is 1.75. The van der Waals surface area contributed by atoms with Gasteiger partial charge in [0, 0.05) is 35.6 Å². The van der Waals surface area contributed by atoms with Gasteiger partial charge in [0.25, 0.3) is 5.91 Å². The van der Waals surface area contributed by atoms with E-state index < -0.39 is 0 Å². The normalized spacial score (nSPS) is 14.9. The van der Waals surface area contributed by atoms with E-state index in [1.165, 1.54) is 11.1 Å². The molecule has 1 saturated heterocycles. The fraction of sp³-hybridized carbons (Fsp3) is 0.222. The molecule has 9 heteroatoms. The maximum Gasteiger partial charge on any atom is 0.268 e. The Morgan fingerprint density at radius 3 is 2.72 bits per heavy atom. The number of anilines is 2. The number of hydrogen-bond acceptors (Lipinski definition) is 7. The van der Waals surface area contributed by atoms with Crippen LogP contribution in [0.2, 0.25) is 0 Å². The maximum absolute atomic E-state index is 12.8. The van der Waals surface area contributed by atoms with Gasteiger partial charge in [-0.15, -0.1) is 0 Å². The SMILES string of the molecule is O=C(NCc1nc(NNC2=CCc3ccccc32)cc(N2CCOCC2)n1)c1cc2ccccc2[nH]1. The lowest BCUT2D eigenvalue weighted by atomic mass is 10.1. The molecular formula is C27H27N7O2. The number of amides is 1. The van der Waals surface area contributed by atoms with Crippen LogP contribution in [0.1, 0.15) is 27.4 Å². The number of aromatic nitrogens is 3. The molecule has 2 aromatic carbocycles. The molecular weight excluding hydrogens is 454 g/mol. The van der Waals surface area contributed by atoms with Gasteiger partial charge in [0.05, 0.1) is 25.5 Å². The number of morpholine rings is 1. The zero-order chi connectivity index (χ0) is 24.3. The molecule has 3 heterocycles. The smallest absolute Gasteiger partial charge is 0.268 e. The van der Waals surface area contributed by atoms with Crippen molar-refractivity contribution in [2.75, 3.05) is 36.6 Å². The molecule has 0 bridgehead atoms. The van der Waals surface area contributed by atoms with E-state index in [1.807, 2.05) is 42.5 Å². The summed E-state index contributed by atoms with van der Waals surface area (Å²) in [5, 5.41) is 3.94. The molecule has 182 valence electrons. The number of rotatable bonds is 7. The molecule has 0 spiro atoms. The van der Waals surface area contributed by atoms with E-state index in [9.17, 15) is 4.79 Å². The summed E-state index contributed by atoms with van der Waals surface area (Å²) >= 11 is 0. The summed E-state index contributed by atoms with van der Waals surface area (Å²) < 4.78 is 5.50. The molecule has 0 atom stereocenters. The van der Waals surface area contributed by atoms with Crippen molar-refractivity contribution >= 4 is 34.1 Å². The lowest BCUT2D eigenvalue weighted by Gasteiger charge is -2.28. The Balaban J connectivity index is 1.19. The number of allylic oxidation sites excluding steroid dienone is 1. The van der Waals surface area contributed by atoms with Crippen LogP contribution in [0.5, 0.6) is 0 Å². The number of ether oxygens (including phenoxy) is 1. The molecule has 1 aliphatic heterocycles. The summed E-state index contributed by atoms with van der Waals surface area (Å²) in [6.07, 6.45) is 3.05. The fourth-order valence-corrected chi connectivity index (χ4v) is 4.56. The second-order valence-electron chi connectivity index (χ2n) is 8.81. The van der Waals surface area contributed by atoms with Gasteiger partial charge in [0.1, 0.15) is 17.3 Å². The number of fused-ring (bicyclic) bond motifs is 2. The topological polar surface area (TPSA) is 107 Å². The van der Waals surface area contributed by atoms with Crippen LogP contribution in [0.25, 0.3) is 16.6 Å². The van der Waals surface area contributed by atoms with E-state index in [4.69, 9.17) is 9.72 Å². The molecule has 1 fully saturated rings. The second-order valence-corrected chi connectivity index (χ2v) is 8.81. The largest absolute Gasteiger partial charge is 0.378 e. The first-order chi connectivity index (χ1) is 17.7. The third-order valence-corrected chi connectivity index (χ3v) is 6.43. The number of carbonyl (C=O) groups is 1. The van der Waals surface area contributed by atoms with Crippen molar-refractivity contribution in [3.8, 4) is 0 Å². The second kappa shape index (κ2) is 9.71. The minimum Gasteiger partial charge on any atom is -0.378 e. The molecule has 6 rings (SSSR count). The van der Waals surface area contributed by atoms with Crippen molar-refractivity contribution in [2.24, 2.45) is 0 Å². The van der Waals surface area contributed by atoms with Crippen LogP contribution < -0.4 is 21.1 Å². The number of hydrazine groups is 1. The van der Waals surface area contributed by atoms with Crippen LogP contribution in [0, 0.1) is 0 Å². The minimum atomic E-state index is -0.202. The van der Waals surface area contributed by atoms with Crippen molar-refractivity contribution in [1.82, 2.24) is 25.7 Å². The number of nitrogens with zero attached hydrogens (tertiary/aromatic N) is 3. The lowest BCUT2D eigenvalue weighted by molar-refractivity contribution is 0.0945. The molecule has 2 aromatic heterocycles. The van der Waals surface area contributed by atoms with E-state index in [0.29, 0.717) is 30.5 Å². The van der Waals surface area contributed by atoms with Crippen LogP contribution in [0.15, 0.2) is 66.7 Å². The molecule has 0 unspecified atom stereocenters. The van der Waals surface area contributed by atoms with Crippen LogP contribution >= 0.6 is 0 Å². The predicted molar refractivity (Wildman–Crippen MR) is 139 cm³/mol. The van der Waals surface area contributed by atoms with Gasteiger partial charge in [-0.2, -0.15) is 0 Å². The molecule has 4 N–H and O–H groups in total. The average molecular weight is 482 g/mol. The molecule has 0 radical (unpaired) electrons. The first kappa shape index (κ1) is 22.1. The number of aromatic amines is 1. The Morgan fingerprint density at radius 2 is 1.83 bits per heavy atom. The first-order valence-corrected chi connectivity index (χ1v) is 12.1. The van der Waals surface area contributed by atoms with E-state index >= 15 is 0 Å². The Bertz CT molecular complexity index is 1410. The van der Waals surface area contributed by atoms with Gasteiger partial charge >= 0.3 is 0 Å². The molecule has 2 aliphatic rings. The van der Waals surface area contributed by atoms with Crippen LogP contribution in [0.3, 0.4) is 0 Å². The van der Waals surface area contributed by atoms with Gasteiger partial charge in [-0.1, -0.05) is 48.5 Å². The minimum absolute atomic E-state index is 0.201. The highest BCUT2D eigenvalue weighted by molar-refractivity contribution is 5.97. The monoisotopic (exact) mass is 481 g/mol. The lowest BCUT2D eigenvalue weighted by Crippen LogP contribution is -2.37. The van der Waals surface area contributed by atoms with Crippen molar-refractivity contribution in [3.63, 3.8) is 0 Å². The maximum atomic E-state index is 12.8. The van der Waals surface area contributed by atoms with E-state index in [0.717, 1.165) is 41.9 Å². The number of benzene rings is 2. The standard InChI is InChI=1S/C27H27N7O2/c35-27(23-15-19-6-2-4-8-21(19)29-23)28-17-25-30-24(16-26(31-25)34-11-13-36-14-12-34)33-32-22-10-9-18-5-1-3-7-20(18)22/h1-8,10,15-16,29,32H,9,11-14,17H2,(H,28,35)(H,30,31,33). The van der Waals surface area contributed by atoms with Crippen LogP contribution in [0.4, 0.5) is 11.6 Å². The van der Waals surface area contributed by atoms with Gasteiger partial charge in [-0.3, -0.25) is 15.6 Å². The highest BCUT2D eigenvalue weighted by Crippen LogP contribution is 2.25. The predicted octanol–water partition coefficient (Wildman–Crippen LogP) is 3.24. The van der Waals surface area contributed by atoms with Gasteiger partial charge in [-0.05, 0) is 24.1 Å². The molecule has 9 nitrogen and oxygen atoms in total. The molecule has 1 aliphatic carbocycles. The molecule has 1 amide bonds. The number of hydrogen-bond donors (Lipinski definition) is 4. The number of carbonyl (C=O) groups excluding carboxylic acids is 1. The van der Waals surface area contributed by atoms with Crippen molar-refractivity contribution in [3.05, 3.63) is 89.4 Å².